The summed E-state index contributed by atoms with van der Waals surface area (Å²) in [4.78, 5) is 27.9. The van der Waals surface area contributed by atoms with Crippen molar-refractivity contribution in [2.45, 2.75) is 13.3 Å². The van der Waals surface area contributed by atoms with Gasteiger partial charge in [0.05, 0.1) is 12.6 Å². The van der Waals surface area contributed by atoms with E-state index >= 15 is 0 Å². The molecular weight excluding hydrogens is 352 g/mol. The predicted molar refractivity (Wildman–Crippen MR) is 111 cm³/mol. The molecule has 1 aliphatic rings. The maximum absolute atomic E-state index is 12.7. The molecule has 0 aliphatic carbocycles. The lowest BCUT2D eigenvalue weighted by Crippen LogP contribution is -2.49. The molecule has 0 unspecified atom stereocenters. The number of hydrogen-bond acceptors (Lipinski definition) is 5. The van der Waals surface area contributed by atoms with Crippen molar-refractivity contribution in [3.8, 4) is 0 Å². The molecule has 0 atom stereocenters. The lowest BCUT2D eigenvalue weighted by atomic mass is 10.1. The Morgan fingerprint density at radius 3 is 2.46 bits per heavy atom. The first-order valence-electron chi connectivity index (χ1n) is 9.60. The molecule has 1 aliphatic heterocycles. The van der Waals surface area contributed by atoms with E-state index in [1.807, 2.05) is 61.0 Å². The first-order chi connectivity index (χ1) is 13.5. The van der Waals surface area contributed by atoms with Gasteiger partial charge in [0.1, 0.15) is 5.82 Å². The third kappa shape index (κ3) is 3.78. The Morgan fingerprint density at radius 2 is 1.79 bits per heavy atom. The third-order valence-electron chi connectivity index (χ3n) is 5.19. The van der Waals surface area contributed by atoms with E-state index in [9.17, 15) is 4.79 Å². The number of carbonyl (C=O) groups is 1. The molecule has 4 rings (SSSR count). The van der Waals surface area contributed by atoms with Crippen LogP contribution in [0.5, 0.6) is 0 Å². The van der Waals surface area contributed by atoms with Crippen molar-refractivity contribution in [1.29, 1.82) is 0 Å². The summed E-state index contributed by atoms with van der Waals surface area (Å²) in [6, 6.07) is 8.18. The summed E-state index contributed by atoms with van der Waals surface area (Å²) in [5.41, 5.74) is 3.30. The van der Waals surface area contributed by atoms with Crippen LogP contribution in [0.25, 0.3) is 5.78 Å². The number of benzene rings is 1. The van der Waals surface area contributed by atoms with Crippen molar-refractivity contribution < 1.29 is 4.79 Å². The van der Waals surface area contributed by atoms with Crippen molar-refractivity contribution in [3.05, 3.63) is 54.0 Å². The summed E-state index contributed by atoms with van der Waals surface area (Å²) in [7, 11) is 4.03. The molecule has 7 heteroatoms. The summed E-state index contributed by atoms with van der Waals surface area (Å²) in [6.07, 6.45) is 6.32. The number of fused-ring (bicyclic) bond motifs is 1. The topological polar surface area (TPSA) is 57.0 Å². The summed E-state index contributed by atoms with van der Waals surface area (Å²) in [6.45, 7) is 5.02. The zero-order valence-electron chi connectivity index (χ0n) is 16.7. The Bertz CT molecular complexity index is 970. The minimum atomic E-state index is 0.185. The van der Waals surface area contributed by atoms with E-state index in [1.165, 1.54) is 0 Å². The Kier molecular flexibility index (Phi) is 4.90. The van der Waals surface area contributed by atoms with Gasteiger partial charge in [-0.25, -0.2) is 4.98 Å². The van der Waals surface area contributed by atoms with Crippen LogP contribution in [-0.4, -0.2) is 65.5 Å². The molecule has 0 radical (unpaired) electrons. The van der Waals surface area contributed by atoms with E-state index < -0.39 is 0 Å². The van der Waals surface area contributed by atoms with Crippen LogP contribution in [0, 0.1) is 6.92 Å². The second kappa shape index (κ2) is 7.50. The molecule has 1 amide bonds. The highest BCUT2D eigenvalue weighted by Crippen LogP contribution is 2.17. The van der Waals surface area contributed by atoms with Crippen LogP contribution in [0.15, 0.2) is 42.9 Å². The van der Waals surface area contributed by atoms with E-state index in [-0.39, 0.29) is 5.91 Å². The standard InChI is InChI=1S/C21H26N6O/c1-16-13-22-21-23-19(15-27(21)14-16)25-8-10-26(11-9-25)20(28)12-17-4-6-18(7-5-17)24(2)3/h4-7,13-15H,8-12H2,1-3H3. The van der Waals surface area contributed by atoms with E-state index in [2.05, 4.69) is 31.9 Å². The Morgan fingerprint density at radius 1 is 1.07 bits per heavy atom. The Hall–Kier alpha value is -3.09. The number of aromatic nitrogens is 3. The zero-order valence-corrected chi connectivity index (χ0v) is 16.7. The molecule has 1 aromatic carbocycles. The molecule has 2 aromatic heterocycles. The zero-order chi connectivity index (χ0) is 19.7. The maximum Gasteiger partial charge on any atom is 0.235 e. The molecule has 7 nitrogen and oxygen atoms in total. The van der Waals surface area contributed by atoms with Gasteiger partial charge in [0, 0.05) is 58.4 Å². The van der Waals surface area contributed by atoms with Crippen molar-refractivity contribution in [3.63, 3.8) is 0 Å². The molecule has 3 heterocycles. The van der Waals surface area contributed by atoms with Crippen LogP contribution in [0.3, 0.4) is 0 Å². The van der Waals surface area contributed by atoms with Gasteiger partial charge in [-0.15, -0.1) is 0 Å². The molecule has 0 spiro atoms. The van der Waals surface area contributed by atoms with E-state index in [0.717, 1.165) is 48.8 Å². The number of piperazine rings is 1. The number of aryl methyl sites for hydroxylation is 1. The average Bonchev–Trinajstić information content (AvgIpc) is 3.11. The first kappa shape index (κ1) is 18.3. The molecule has 146 valence electrons. The fraction of sp³-hybridized carbons (Fsp3) is 0.381. The summed E-state index contributed by atoms with van der Waals surface area (Å²) in [5.74, 6) is 1.81. The van der Waals surface area contributed by atoms with Crippen LogP contribution in [0.4, 0.5) is 11.5 Å². The molecule has 3 aromatic rings. The minimum Gasteiger partial charge on any atom is -0.378 e. The van der Waals surface area contributed by atoms with Crippen LogP contribution >= 0.6 is 0 Å². The van der Waals surface area contributed by atoms with Crippen molar-refractivity contribution in [1.82, 2.24) is 19.3 Å². The van der Waals surface area contributed by atoms with Gasteiger partial charge in [-0.05, 0) is 30.2 Å². The van der Waals surface area contributed by atoms with E-state index in [1.54, 1.807) is 0 Å². The normalized spacial score (nSPS) is 14.5. The van der Waals surface area contributed by atoms with Crippen molar-refractivity contribution >= 4 is 23.2 Å². The van der Waals surface area contributed by atoms with Gasteiger partial charge in [-0.3, -0.25) is 9.20 Å². The van der Waals surface area contributed by atoms with Crippen LogP contribution in [-0.2, 0) is 11.2 Å². The van der Waals surface area contributed by atoms with Crippen LogP contribution in [0.1, 0.15) is 11.1 Å². The lowest BCUT2D eigenvalue weighted by Gasteiger charge is -2.34. The van der Waals surface area contributed by atoms with Gasteiger partial charge < -0.3 is 14.7 Å². The van der Waals surface area contributed by atoms with Crippen molar-refractivity contribution in [2.24, 2.45) is 0 Å². The van der Waals surface area contributed by atoms with Gasteiger partial charge >= 0.3 is 0 Å². The Balaban J connectivity index is 1.35. The fourth-order valence-electron chi connectivity index (χ4n) is 3.51. The fourth-order valence-corrected chi connectivity index (χ4v) is 3.51. The van der Waals surface area contributed by atoms with E-state index in [4.69, 9.17) is 0 Å². The molecule has 0 bridgehead atoms. The number of nitrogens with zero attached hydrogens (tertiary/aromatic N) is 6. The molecule has 28 heavy (non-hydrogen) atoms. The summed E-state index contributed by atoms with van der Waals surface area (Å²) < 4.78 is 1.96. The molecule has 0 saturated carbocycles. The predicted octanol–water partition coefficient (Wildman–Crippen LogP) is 2.00. The number of hydrogen-bond donors (Lipinski definition) is 0. The van der Waals surface area contributed by atoms with Gasteiger partial charge in [0.2, 0.25) is 11.7 Å². The average molecular weight is 378 g/mol. The van der Waals surface area contributed by atoms with Crippen LogP contribution in [0.2, 0.25) is 0 Å². The number of amides is 1. The van der Waals surface area contributed by atoms with Gasteiger partial charge in [0.25, 0.3) is 0 Å². The van der Waals surface area contributed by atoms with E-state index in [0.29, 0.717) is 12.2 Å². The first-order valence-corrected chi connectivity index (χ1v) is 9.60. The van der Waals surface area contributed by atoms with Gasteiger partial charge in [-0.1, -0.05) is 12.1 Å². The SMILES string of the molecule is Cc1cnc2nc(N3CCN(C(=O)Cc4ccc(N(C)C)cc4)CC3)cn2c1. The largest absolute Gasteiger partial charge is 0.378 e. The quantitative estimate of drug-likeness (QED) is 0.695. The van der Waals surface area contributed by atoms with Gasteiger partial charge in [0.15, 0.2) is 0 Å². The smallest absolute Gasteiger partial charge is 0.235 e. The van der Waals surface area contributed by atoms with Crippen LogP contribution < -0.4 is 9.80 Å². The Labute approximate surface area is 165 Å². The third-order valence-corrected chi connectivity index (χ3v) is 5.19. The molecule has 0 N–H and O–H groups in total. The van der Waals surface area contributed by atoms with Crippen molar-refractivity contribution in [2.75, 3.05) is 50.1 Å². The summed E-state index contributed by atoms with van der Waals surface area (Å²) >= 11 is 0. The second-order valence-corrected chi connectivity index (χ2v) is 7.54. The number of imidazole rings is 1. The molecular formula is C21H26N6O. The lowest BCUT2D eigenvalue weighted by molar-refractivity contribution is -0.130. The summed E-state index contributed by atoms with van der Waals surface area (Å²) in [5, 5.41) is 0. The molecule has 1 saturated heterocycles. The highest BCUT2D eigenvalue weighted by atomic mass is 16.2. The highest BCUT2D eigenvalue weighted by molar-refractivity contribution is 5.79. The number of carbonyl (C=O) groups excluding carboxylic acids is 1. The van der Waals surface area contributed by atoms with Gasteiger partial charge in [-0.2, -0.15) is 4.98 Å². The monoisotopic (exact) mass is 378 g/mol. The molecule has 1 fully saturated rings. The highest BCUT2D eigenvalue weighted by Gasteiger charge is 2.23. The minimum absolute atomic E-state index is 0.185. The second-order valence-electron chi connectivity index (χ2n) is 7.54. The number of anilines is 2. The maximum atomic E-state index is 12.7. The number of rotatable bonds is 4.